The number of hydrogen-bond acceptors (Lipinski definition) is 3. The molecule has 29 heavy (non-hydrogen) atoms. The van der Waals surface area contributed by atoms with Crippen molar-refractivity contribution in [2.45, 2.75) is 31.9 Å². The Morgan fingerprint density at radius 2 is 1.66 bits per heavy atom. The van der Waals surface area contributed by atoms with E-state index in [1.165, 1.54) is 0 Å². The van der Waals surface area contributed by atoms with Gasteiger partial charge in [0.2, 0.25) is 5.91 Å². The molecule has 9 heteroatoms. The molecule has 2 fully saturated rings. The van der Waals surface area contributed by atoms with Crippen LogP contribution < -0.4 is 4.74 Å². The normalized spacial score (nSPS) is 23.0. The Balaban J connectivity index is 1.45. The highest BCUT2D eigenvalue weighted by Crippen LogP contribution is 2.40. The lowest BCUT2D eigenvalue weighted by Crippen LogP contribution is -2.53. The van der Waals surface area contributed by atoms with Crippen LogP contribution in [0.15, 0.2) is 24.3 Å². The van der Waals surface area contributed by atoms with Crippen LogP contribution in [0.25, 0.3) is 0 Å². The van der Waals surface area contributed by atoms with Crippen LogP contribution in [0, 0.1) is 11.8 Å². The topological polar surface area (TPSA) is 49.9 Å². The van der Waals surface area contributed by atoms with E-state index in [0.29, 0.717) is 49.8 Å². The molecule has 5 nitrogen and oxygen atoms in total. The predicted octanol–water partition coefficient (Wildman–Crippen LogP) is 3.76. The molecule has 0 spiro atoms. The monoisotopic (exact) mass is 432 g/mol. The number of benzene rings is 1. The molecule has 1 aliphatic heterocycles. The molecular formula is C20H24ClF3N2O3. The number of carbonyl (C=O) groups excluding carboxylic acids is 2. The molecule has 3 rings (SSSR count). The van der Waals surface area contributed by atoms with Gasteiger partial charge < -0.3 is 14.5 Å². The van der Waals surface area contributed by atoms with E-state index in [4.69, 9.17) is 16.3 Å². The van der Waals surface area contributed by atoms with Crippen molar-refractivity contribution in [2.24, 2.45) is 11.8 Å². The summed E-state index contributed by atoms with van der Waals surface area (Å²) in [6.45, 7) is 1.25. The van der Waals surface area contributed by atoms with Crippen LogP contribution in [0.2, 0.25) is 5.02 Å². The van der Waals surface area contributed by atoms with Gasteiger partial charge in [-0.2, -0.15) is 13.2 Å². The molecule has 2 aliphatic rings. The molecule has 1 saturated heterocycles. The Kier molecular flexibility index (Phi) is 6.93. The van der Waals surface area contributed by atoms with Crippen LogP contribution >= 0.6 is 11.6 Å². The maximum atomic E-state index is 13.0. The highest BCUT2D eigenvalue weighted by Gasteiger charge is 2.44. The largest absolute Gasteiger partial charge is 0.484 e. The zero-order valence-corrected chi connectivity index (χ0v) is 16.7. The van der Waals surface area contributed by atoms with Gasteiger partial charge in [-0.05, 0) is 43.5 Å². The highest BCUT2D eigenvalue weighted by molar-refractivity contribution is 6.30. The SMILES string of the molecule is O=C(COc1ccc(Cl)cc1)N1CCN(C(=O)C2CCCC(C(F)(F)F)C2)CC1. The van der Waals surface area contributed by atoms with E-state index in [2.05, 4.69) is 0 Å². The maximum Gasteiger partial charge on any atom is 0.391 e. The molecular weight excluding hydrogens is 409 g/mol. The molecule has 2 amide bonds. The number of nitrogens with zero attached hydrogens (tertiary/aromatic N) is 2. The molecule has 0 aromatic heterocycles. The van der Waals surface area contributed by atoms with Crippen LogP contribution in [0.4, 0.5) is 13.2 Å². The lowest BCUT2D eigenvalue weighted by Gasteiger charge is -2.38. The third kappa shape index (κ3) is 5.78. The molecule has 1 aliphatic carbocycles. The van der Waals surface area contributed by atoms with E-state index in [1.807, 2.05) is 0 Å². The van der Waals surface area contributed by atoms with E-state index in [1.54, 1.807) is 34.1 Å². The van der Waals surface area contributed by atoms with Crippen molar-refractivity contribution in [1.82, 2.24) is 9.80 Å². The Bertz CT molecular complexity index is 719. The summed E-state index contributed by atoms with van der Waals surface area (Å²) in [5, 5.41) is 0.573. The van der Waals surface area contributed by atoms with Gasteiger partial charge in [0.15, 0.2) is 6.61 Å². The fourth-order valence-corrected chi connectivity index (χ4v) is 4.04. The maximum absolute atomic E-state index is 13.0. The van der Waals surface area contributed by atoms with Gasteiger partial charge in [-0.3, -0.25) is 9.59 Å². The van der Waals surface area contributed by atoms with E-state index in [-0.39, 0.29) is 31.3 Å². The highest BCUT2D eigenvalue weighted by atomic mass is 35.5. The first-order valence-electron chi connectivity index (χ1n) is 9.75. The molecule has 0 radical (unpaired) electrons. The van der Waals surface area contributed by atoms with E-state index in [0.717, 1.165) is 0 Å². The van der Waals surface area contributed by atoms with E-state index in [9.17, 15) is 22.8 Å². The number of amides is 2. The van der Waals surface area contributed by atoms with Crippen LogP contribution in [0.3, 0.4) is 0 Å². The van der Waals surface area contributed by atoms with Crippen molar-refractivity contribution in [3.8, 4) is 5.75 Å². The van der Waals surface area contributed by atoms with Crippen molar-refractivity contribution >= 4 is 23.4 Å². The minimum atomic E-state index is -4.24. The summed E-state index contributed by atoms with van der Waals surface area (Å²) in [6, 6.07) is 6.68. The van der Waals surface area contributed by atoms with Gasteiger partial charge in [0.25, 0.3) is 5.91 Å². The third-order valence-corrected chi connectivity index (χ3v) is 5.86. The van der Waals surface area contributed by atoms with Crippen molar-refractivity contribution in [1.29, 1.82) is 0 Å². The summed E-state index contributed by atoms with van der Waals surface area (Å²) in [5.74, 6) is -1.85. The van der Waals surface area contributed by atoms with Gasteiger partial charge >= 0.3 is 6.18 Å². The fourth-order valence-electron chi connectivity index (χ4n) is 3.91. The van der Waals surface area contributed by atoms with Gasteiger partial charge in [0.1, 0.15) is 5.75 Å². The second-order valence-corrected chi connectivity index (χ2v) is 7.99. The number of piperazine rings is 1. The van der Waals surface area contributed by atoms with E-state index >= 15 is 0 Å². The summed E-state index contributed by atoms with van der Waals surface area (Å²) in [6.07, 6.45) is -3.35. The molecule has 0 bridgehead atoms. The predicted molar refractivity (Wildman–Crippen MR) is 102 cm³/mol. The third-order valence-electron chi connectivity index (χ3n) is 5.61. The zero-order valence-electron chi connectivity index (χ0n) is 16.0. The molecule has 1 aromatic rings. The second kappa shape index (κ2) is 9.24. The Morgan fingerprint density at radius 1 is 1.03 bits per heavy atom. The van der Waals surface area contributed by atoms with Crippen LogP contribution in [-0.2, 0) is 9.59 Å². The summed E-state index contributed by atoms with van der Waals surface area (Å²) in [4.78, 5) is 28.2. The Labute approximate surface area is 172 Å². The smallest absolute Gasteiger partial charge is 0.391 e. The van der Waals surface area contributed by atoms with Crippen molar-refractivity contribution in [3.05, 3.63) is 29.3 Å². The van der Waals surface area contributed by atoms with Crippen molar-refractivity contribution in [2.75, 3.05) is 32.8 Å². The summed E-state index contributed by atoms with van der Waals surface area (Å²) < 4.78 is 44.4. The average molecular weight is 433 g/mol. The average Bonchev–Trinajstić information content (AvgIpc) is 2.72. The molecule has 1 saturated carbocycles. The van der Waals surface area contributed by atoms with Crippen molar-refractivity contribution in [3.63, 3.8) is 0 Å². The first kappa shape index (κ1) is 21.7. The number of alkyl halides is 3. The number of rotatable bonds is 4. The summed E-state index contributed by atoms with van der Waals surface area (Å²) >= 11 is 5.80. The van der Waals surface area contributed by atoms with Gasteiger partial charge in [-0.25, -0.2) is 0 Å². The van der Waals surface area contributed by atoms with Crippen LogP contribution in [-0.4, -0.2) is 60.6 Å². The Hall–Kier alpha value is -1.96. The molecule has 1 heterocycles. The molecule has 160 valence electrons. The molecule has 2 unspecified atom stereocenters. The first-order valence-corrected chi connectivity index (χ1v) is 10.1. The molecule has 1 aromatic carbocycles. The summed E-state index contributed by atoms with van der Waals surface area (Å²) in [5.41, 5.74) is 0. The van der Waals surface area contributed by atoms with E-state index < -0.39 is 18.0 Å². The minimum Gasteiger partial charge on any atom is -0.484 e. The van der Waals surface area contributed by atoms with Gasteiger partial charge in [-0.15, -0.1) is 0 Å². The Morgan fingerprint density at radius 3 is 2.28 bits per heavy atom. The van der Waals surface area contributed by atoms with Gasteiger partial charge in [-0.1, -0.05) is 18.0 Å². The number of halogens is 4. The number of hydrogen-bond donors (Lipinski definition) is 0. The zero-order chi connectivity index (χ0) is 21.0. The van der Waals surface area contributed by atoms with Crippen LogP contribution in [0.1, 0.15) is 25.7 Å². The standard InChI is InChI=1S/C20H24ClF3N2O3/c21-16-4-6-17(7-5-16)29-13-18(27)25-8-10-26(11-9-25)19(28)14-2-1-3-15(12-14)20(22,23)24/h4-7,14-15H,1-3,8-13H2. The molecule has 2 atom stereocenters. The second-order valence-electron chi connectivity index (χ2n) is 7.55. The fraction of sp³-hybridized carbons (Fsp3) is 0.600. The minimum absolute atomic E-state index is 0.100. The summed E-state index contributed by atoms with van der Waals surface area (Å²) in [7, 11) is 0. The molecule has 0 N–H and O–H groups in total. The van der Waals surface area contributed by atoms with Gasteiger partial charge in [0, 0.05) is 37.1 Å². The number of carbonyl (C=O) groups is 2. The first-order chi connectivity index (χ1) is 13.7. The van der Waals surface area contributed by atoms with Crippen LogP contribution in [0.5, 0.6) is 5.75 Å². The number of ether oxygens (including phenoxy) is 1. The van der Waals surface area contributed by atoms with Gasteiger partial charge in [0.05, 0.1) is 5.92 Å². The lowest BCUT2D eigenvalue weighted by molar-refractivity contribution is -0.187. The quantitative estimate of drug-likeness (QED) is 0.728. The lowest BCUT2D eigenvalue weighted by atomic mass is 9.80. The van der Waals surface area contributed by atoms with Crippen molar-refractivity contribution < 1.29 is 27.5 Å².